The number of anilines is 1. The third-order valence-corrected chi connectivity index (χ3v) is 4.65. The number of amides is 1. The number of rotatable bonds is 7. The quantitative estimate of drug-likeness (QED) is 0.776. The minimum atomic E-state index is 0.0697. The van der Waals surface area contributed by atoms with Crippen molar-refractivity contribution in [3.8, 4) is 6.07 Å². The molecular weight excluding hydrogens is 286 g/mol. The molecule has 0 bridgehead atoms. The average Bonchev–Trinajstić information content (AvgIpc) is 3.30. The summed E-state index contributed by atoms with van der Waals surface area (Å²) in [6.07, 6.45) is 2.89. The number of likely N-dealkylation sites (N-methyl/N-ethyl adjacent to an activating group) is 1. The smallest absolute Gasteiger partial charge is 0.241 e. The lowest BCUT2D eigenvalue weighted by Crippen LogP contribution is -2.43. The molecule has 1 aromatic rings. The average molecular weight is 313 g/mol. The molecule has 0 aliphatic heterocycles. The van der Waals surface area contributed by atoms with Crippen molar-refractivity contribution in [2.45, 2.75) is 46.1 Å². The van der Waals surface area contributed by atoms with Crippen LogP contribution in [0.2, 0.25) is 0 Å². The molecule has 1 saturated carbocycles. The lowest BCUT2D eigenvalue weighted by Gasteiger charge is -2.28. The Labute approximate surface area is 139 Å². The Bertz CT molecular complexity index is 581. The van der Waals surface area contributed by atoms with Gasteiger partial charge in [-0.1, -0.05) is 6.07 Å². The Balaban J connectivity index is 2.13. The van der Waals surface area contributed by atoms with Crippen molar-refractivity contribution >= 4 is 11.6 Å². The topological polar surface area (TPSA) is 47.3 Å². The summed E-state index contributed by atoms with van der Waals surface area (Å²) in [5.74, 6) is 0.807. The van der Waals surface area contributed by atoms with E-state index in [9.17, 15) is 4.79 Å². The second-order valence-corrected chi connectivity index (χ2v) is 6.79. The number of hydrogen-bond donors (Lipinski definition) is 0. The zero-order valence-electron chi connectivity index (χ0n) is 14.7. The van der Waals surface area contributed by atoms with Gasteiger partial charge in [-0.05, 0) is 69.8 Å². The Morgan fingerprint density at radius 2 is 1.91 bits per heavy atom. The van der Waals surface area contributed by atoms with Crippen LogP contribution in [-0.4, -0.2) is 37.0 Å². The van der Waals surface area contributed by atoms with Crippen molar-refractivity contribution in [2.75, 3.05) is 25.0 Å². The summed E-state index contributed by atoms with van der Waals surface area (Å²) >= 11 is 0. The van der Waals surface area contributed by atoms with Crippen LogP contribution in [0.3, 0.4) is 0 Å². The summed E-state index contributed by atoms with van der Waals surface area (Å²) in [4.78, 5) is 16.7. The van der Waals surface area contributed by atoms with Gasteiger partial charge in [-0.25, -0.2) is 0 Å². The number of nitriles is 1. The first-order valence-corrected chi connectivity index (χ1v) is 8.38. The Morgan fingerprint density at radius 3 is 2.43 bits per heavy atom. The van der Waals surface area contributed by atoms with Crippen molar-refractivity contribution < 1.29 is 4.79 Å². The molecule has 1 aromatic carbocycles. The zero-order chi connectivity index (χ0) is 17.0. The third kappa shape index (κ3) is 4.80. The maximum absolute atomic E-state index is 12.8. The number of benzene rings is 1. The van der Waals surface area contributed by atoms with Crippen LogP contribution in [0.25, 0.3) is 0 Å². The molecule has 4 heteroatoms. The lowest BCUT2D eigenvalue weighted by molar-refractivity contribution is -0.119. The Morgan fingerprint density at radius 1 is 1.30 bits per heavy atom. The fourth-order valence-electron chi connectivity index (χ4n) is 3.05. The van der Waals surface area contributed by atoms with Crippen LogP contribution in [0.15, 0.2) is 18.2 Å². The fourth-order valence-corrected chi connectivity index (χ4v) is 3.05. The zero-order valence-corrected chi connectivity index (χ0v) is 14.7. The Hall–Kier alpha value is -1.86. The van der Waals surface area contributed by atoms with E-state index in [0.717, 1.165) is 22.7 Å². The maximum atomic E-state index is 12.8. The highest BCUT2D eigenvalue weighted by Gasteiger charge is 2.31. The van der Waals surface area contributed by atoms with E-state index in [1.165, 1.54) is 12.8 Å². The summed E-state index contributed by atoms with van der Waals surface area (Å²) in [5.41, 5.74) is 3.17. The van der Waals surface area contributed by atoms with Gasteiger partial charge in [0, 0.05) is 18.3 Å². The van der Waals surface area contributed by atoms with Gasteiger partial charge < -0.3 is 4.90 Å². The van der Waals surface area contributed by atoms with Gasteiger partial charge in [0.05, 0.1) is 19.0 Å². The van der Waals surface area contributed by atoms with Crippen LogP contribution < -0.4 is 4.90 Å². The molecule has 23 heavy (non-hydrogen) atoms. The molecular formula is C19H27N3O. The Kier molecular flexibility index (Phi) is 5.79. The van der Waals surface area contributed by atoms with E-state index in [1.807, 2.05) is 33.0 Å². The van der Waals surface area contributed by atoms with Crippen LogP contribution >= 0.6 is 0 Å². The number of aryl methyl sites for hydroxylation is 2. The van der Waals surface area contributed by atoms with E-state index >= 15 is 0 Å². The minimum absolute atomic E-state index is 0.0697. The molecule has 1 amide bonds. The second kappa shape index (κ2) is 7.61. The van der Waals surface area contributed by atoms with Crippen LogP contribution in [0.4, 0.5) is 5.69 Å². The molecule has 0 aromatic heterocycles. The summed E-state index contributed by atoms with van der Waals surface area (Å²) in [7, 11) is 2.02. The minimum Gasteiger partial charge on any atom is -0.310 e. The van der Waals surface area contributed by atoms with Gasteiger partial charge >= 0.3 is 0 Å². The van der Waals surface area contributed by atoms with Crippen LogP contribution in [0.5, 0.6) is 0 Å². The summed E-state index contributed by atoms with van der Waals surface area (Å²) in [6.45, 7) is 7.11. The highest BCUT2D eigenvalue weighted by atomic mass is 16.2. The second-order valence-electron chi connectivity index (χ2n) is 6.79. The summed E-state index contributed by atoms with van der Waals surface area (Å²) in [5, 5.41) is 8.91. The van der Waals surface area contributed by atoms with E-state index < -0.39 is 0 Å². The van der Waals surface area contributed by atoms with Gasteiger partial charge in [0.25, 0.3) is 0 Å². The molecule has 0 N–H and O–H groups in total. The normalized spacial score (nSPS) is 15.3. The van der Waals surface area contributed by atoms with E-state index in [2.05, 4.69) is 24.0 Å². The number of carbonyl (C=O) groups excluding carboxylic acids is 1. The van der Waals surface area contributed by atoms with Gasteiger partial charge in [-0.15, -0.1) is 0 Å². The molecule has 1 atom stereocenters. The number of nitrogens with zero attached hydrogens (tertiary/aromatic N) is 3. The first kappa shape index (κ1) is 17.5. The van der Waals surface area contributed by atoms with Gasteiger partial charge in [0.2, 0.25) is 5.91 Å². The number of hydrogen-bond acceptors (Lipinski definition) is 3. The van der Waals surface area contributed by atoms with Crippen molar-refractivity contribution in [3.05, 3.63) is 29.3 Å². The lowest BCUT2D eigenvalue weighted by atomic mass is 10.1. The van der Waals surface area contributed by atoms with Crippen molar-refractivity contribution in [1.82, 2.24) is 4.90 Å². The first-order chi connectivity index (χ1) is 10.9. The summed E-state index contributed by atoms with van der Waals surface area (Å²) < 4.78 is 0. The molecule has 0 saturated heterocycles. The molecule has 124 valence electrons. The van der Waals surface area contributed by atoms with Crippen molar-refractivity contribution in [1.29, 1.82) is 5.26 Å². The molecule has 2 rings (SSSR count). The van der Waals surface area contributed by atoms with Gasteiger partial charge in [-0.3, -0.25) is 9.69 Å². The van der Waals surface area contributed by atoms with E-state index in [4.69, 9.17) is 5.26 Å². The molecule has 0 spiro atoms. The monoisotopic (exact) mass is 313 g/mol. The highest BCUT2D eigenvalue weighted by Crippen LogP contribution is 2.34. The largest absolute Gasteiger partial charge is 0.310 e. The first-order valence-electron chi connectivity index (χ1n) is 8.38. The molecule has 0 radical (unpaired) electrons. The third-order valence-electron chi connectivity index (χ3n) is 4.65. The van der Waals surface area contributed by atoms with Gasteiger partial charge in [0.1, 0.15) is 0 Å². The molecule has 4 nitrogen and oxygen atoms in total. The number of carbonyl (C=O) groups is 1. The molecule has 1 fully saturated rings. The van der Waals surface area contributed by atoms with Crippen LogP contribution in [0, 0.1) is 31.1 Å². The maximum Gasteiger partial charge on any atom is 0.241 e. The van der Waals surface area contributed by atoms with Crippen LogP contribution in [-0.2, 0) is 4.79 Å². The predicted octanol–water partition coefficient (Wildman–Crippen LogP) is 3.28. The van der Waals surface area contributed by atoms with Crippen molar-refractivity contribution in [3.63, 3.8) is 0 Å². The standard InChI is InChI=1S/C19H27N3O/c1-14-10-15(2)12-18(11-14)22(9-5-8-20)19(23)13-21(4)16(3)17-6-7-17/h10-12,16-17H,5-7,9,13H2,1-4H3. The fraction of sp³-hybridized carbons (Fsp3) is 0.579. The van der Waals surface area contributed by atoms with Crippen molar-refractivity contribution in [2.24, 2.45) is 5.92 Å². The molecule has 0 heterocycles. The predicted molar refractivity (Wildman–Crippen MR) is 93.3 cm³/mol. The molecule has 1 unspecified atom stereocenters. The van der Waals surface area contributed by atoms with Gasteiger partial charge in [-0.2, -0.15) is 5.26 Å². The van der Waals surface area contributed by atoms with E-state index in [0.29, 0.717) is 25.6 Å². The SMILES string of the molecule is Cc1cc(C)cc(N(CCC#N)C(=O)CN(C)C(C)C2CC2)c1. The molecule has 1 aliphatic rings. The van der Waals surface area contributed by atoms with E-state index in [-0.39, 0.29) is 5.91 Å². The summed E-state index contributed by atoms with van der Waals surface area (Å²) in [6, 6.07) is 8.73. The van der Waals surface area contributed by atoms with E-state index in [1.54, 1.807) is 4.90 Å². The van der Waals surface area contributed by atoms with Gasteiger partial charge in [0.15, 0.2) is 0 Å². The van der Waals surface area contributed by atoms with Crippen LogP contribution in [0.1, 0.15) is 37.3 Å². The molecule has 1 aliphatic carbocycles. The highest BCUT2D eigenvalue weighted by molar-refractivity contribution is 5.95.